The van der Waals surface area contributed by atoms with E-state index in [1.165, 1.54) is 135 Å². The highest BCUT2D eigenvalue weighted by molar-refractivity contribution is 5.76. The van der Waals surface area contributed by atoms with E-state index < -0.39 is 124 Å². The summed E-state index contributed by atoms with van der Waals surface area (Å²) in [4.78, 5) is 13.5. The highest BCUT2D eigenvalue weighted by atomic mass is 16.8. The summed E-state index contributed by atoms with van der Waals surface area (Å²) >= 11 is 0. The average Bonchev–Trinajstić information content (AvgIpc) is 0.782. The number of unbranched alkanes of at least 4 members (excludes halogenated alkanes) is 29. The molecule has 12 N–H and O–H groups in total. The Kier molecular flexibility index (Phi) is 55.9. The Morgan fingerprint density at radius 2 is 0.683 bits per heavy atom. The molecule has 582 valence electrons. The number of rotatable bonds is 61. The van der Waals surface area contributed by atoms with Crippen molar-refractivity contribution in [1.29, 1.82) is 0 Å². The molecule has 0 aromatic heterocycles. The van der Waals surface area contributed by atoms with Crippen LogP contribution in [-0.2, 0) is 33.2 Å². The lowest BCUT2D eigenvalue weighted by Crippen LogP contribution is -2.66. The first-order valence-corrected chi connectivity index (χ1v) is 39.6. The first-order chi connectivity index (χ1) is 49.3. The molecule has 101 heavy (non-hydrogen) atoms. The van der Waals surface area contributed by atoms with Gasteiger partial charge in [-0.3, -0.25) is 4.79 Å². The quantitative estimate of drug-likeness (QED) is 0.0199. The Labute approximate surface area is 608 Å². The van der Waals surface area contributed by atoms with Crippen molar-refractivity contribution >= 4 is 5.91 Å². The van der Waals surface area contributed by atoms with Gasteiger partial charge in [0.2, 0.25) is 5.91 Å². The second-order valence-corrected chi connectivity index (χ2v) is 27.8. The van der Waals surface area contributed by atoms with Gasteiger partial charge in [0.1, 0.15) is 73.2 Å². The van der Waals surface area contributed by atoms with Crippen molar-refractivity contribution in [2.45, 2.75) is 375 Å². The summed E-state index contributed by atoms with van der Waals surface area (Å²) in [5.74, 6) is -0.282. The maximum absolute atomic E-state index is 13.5. The van der Waals surface area contributed by atoms with Gasteiger partial charge in [-0.1, -0.05) is 290 Å². The largest absolute Gasteiger partial charge is 0.394 e. The Balaban J connectivity index is 1.38. The van der Waals surface area contributed by atoms with Crippen molar-refractivity contribution in [3.63, 3.8) is 0 Å². The molecule has 0 bridgehead atoms. The van der Waals surface area contributed by atoms with Crippen LogP contribution in [0.15, 0.2) is 109 Å². The molecule has 0 aliphatic carbocycles. The van der Waals surface area contributed by atoms with Crippen LogP contribution in [0.5, 0.6) is 0 Å². The molecule has 19 heteroatoms. The van der Waals surface area contributed by atoms with Crippen LogP contribution < -0.4 is 5.32 Å². The highest BCUT2D eigenvalue weighted by Gasteiger charge is 2.53. The number of hydrogen-bond acceptors (Lipinski definition) is 18. The summed E-state index contributed by atoms with van der Waals surface area (Å²) in [6.45, 7) is 1.63. The summed E-state index contributed by atoms with van der Waals surface area (Å²) in [7, 11) is 0. The zero-order valence-electron chi connectivity index (χ0n) is 62.1. The van der Waals surface area contributed by atoms with Gasteiger partial charge >= 0.3 is 0 Å². The number of allylic oxidation sites excluding steroid dienone is 17. The Morgan fingerprint density at radius 3 is 1.07 bits per heavy atom. The molecular formula is C82H141NO18. The second kappa shape index (κ2) is 61.6. The number of hydrogen-bond donors (Lipinski definition) is 12. The predicted molar refractivity (Wildman–Crippen MR) is 401 cm³/mol. The lowest BCUT2D eigenvalue weighted by molar-refractivity contribution is -0.379. The molecule has 3 aliphatic heterocycles. The number of aliphatic hydroxyl groups is 11. The van der Waals surface area contributed by atoms with E-state index in [1.807, 2.05) is 6.08 Å². The fourth-order valence-electron chi connectivity index (χ4n) is 12.7. The zero-order valence-corrected chi connectivity index (χ0v) is 62.1. The SMILES string of the molecule is CC/C=C\C/C=C\C/C=C\C/C=C\C/C=C\C/C=C\C/C=C\C/C=C\CCCCCCCCCCCCC(=O)NC(COC1OC(CO)C(OC2OC(CO)C(OC3OC(CO)C(O)C(O)C3O)C(O)C2O)C(O)C1O)C(O)/C=C/CCCCCCCCCCCCCCCCCCCCC. The monoisotopic (exact) mass is 1430 g/mol. The van der Waals surface area contributed by atoms with E-state index in [4.69, 9.17) is 28.4 Å². The maximum Gasteiger partial charge on any atom is 0.220 e. The van der Waals surface area contributed by atoms with Gasteiger partial charge in [0, 0.05) is 6.42 Å². The molecule has 0 spiro atoms. The molecule has 0 aromatic carbocycles. The summed E-state index contributed by atoms with van der Waals surface area (Å²) in [6, 6.07) is -0.984. The Morgan fingerprint density at radius 1 is 0.366 bits per heavy atom. The van der Waals surface area contributed by atoms with Crippen LogP contribution in [0.3, 0.4) is 0 Å². The van der Waals surface area contributed by atoms with Gasteiger partial charge in [0.15, 0.2) is 18.9 Å². The minimum absolute atomic E-state index is 0.232. The van der Waals surface area contributed by atoms with Crippen LogP contribution in [0.1, 0.15) is 271 Å². The van der Waals surface area contributed by atoms with E-state index in [0.717, 1.165) is 109 Å². The van der Waals surface area contributed by atoms with E-state index in [-0.39, 0.29) is 18.9 Å². The van der Waals surface area contributed by atoms with Gasteiger partial charge in [0.25, 0.3) is 0 Å². The van der Waals surface area contributed by atoms with Crippen LogP contribution in [0.2, 0.25) is 0 Å². The van der Waals surface area contributed by atoms with Crippen molar-refractivity contribution in [1.82, 2.24) is 5.32 Å². The van der Waals surface area contributed by atoms with Gasteiger partial charge in [-0.15, -0.1) is 0 Å². The molecule has 3 heterocycles. The highest BCUT2D eigenvalue weighted by Crippen LogP contribution is 2.33. The number of carbonyl (C=O) groups excluding carboxylic acids is 1. The summed E-state index contributed by atoms with van der Waals surface area (Å²) in [5.41, 5.74) is 0. The Hall–Kier alpha value is -3.55. The third-order valence-electron chi connectivity index (χ3n) is 19.1. The van der Waals surface area contributed by atoms with Gasteiger partial charge in [0.05, 0.1) is 38.6 Å². The van der Waals surface area contributed by atoms with Crippen LogP contribution in [-0.4, -0.2) is 193 Å². The van der Waals surface area contributed by atoms with E-state index in [9.17, 15) is 61.0 Å². The molecule has 0 radical (unpaired) electrons. The van der Waals surface area contributed by atoms with E-state index in [1.54, 1.807) is 6.08 Å². The number of carbonyl (C=O) groups is 1. The van der Waals surface area contributed by atoms with Crippen molar-refractivity contribution in [3.05, 3.63) is 109 Å². The number of nitrogens with one attached hydrogen (secondary N) is 1. The van der Waals surface area contributed by atoms with E-state index >= 15 is 0 Å². The molecule has 3 rings (SSSR count). The lowest BCUT2D eigenvalue weighted by atomic mass is 9.96. The lowest BCUT2D eigenvalue weighted by Gasteiger charge is -2.48. The minimum Gasteiger partial charge on any atom is -0.394 e. The summed E-state index contributed by atoms with van der Waals surface area (Å²) in [5, 5.41) is 121. The average molecular weight is 1430 g/mol. The van der Waals surface area contributed by atoms with E-state index in [0.29, 0.717) is 6.42 Å². The molecule has 3 saturated heterocycles. The van der Waals surface area contributed by atoms with E-state index in [2.05, 4.69) is 116 Å². The van der Waals surface area contributed by atoms with Crippen molar-refractivity contribution in [2.75, 3.05) is 26.4 Å². The van der Waals surface area contributed by atoms with Crippen LogP contribution >= 0.6 is 0 Å². The van der Waals surface area contributed by atoms with Crippen LogP contribution in [0.4, 0.5) is 0 Å². The third kappa shape index (κ3) is 41.8. The molecule has 17 unspecified atom stereocenters. The van der Waals surface area contributed by atoms with Crippen molar-refractivity contribution in [3.8, 4) is 0 Å². The molecule has 19 nitrogen and oxygen atoms in total. The molecule has 0 saturated carbocycles. The van der Waals surface area contributed by atoms with Crippen molar-refractivity contribution < 1.29 is 89.4 Å². The summed E-state index contributed by atoms with van der Waals surface area (Å²) in [6.07, 6.45) is 57.7. The standard InChI is InChI=1S/C82H141NO18/c1-3-5-7-9-11-13-15-17-19-21-23-25-26-27-28-29-30-31-32-33-34-35-36-37-38-40-42-44-46-48-50-52-54-56-58-60-70(88)83-65(66(87)59-57-55-53-51-49-47-45-43-41-39-24-22-20-18-16-14-12-10-8-6-4-2)64-96-80-76(94)73(91)78(68(62-85)98-80)101-82-77(95)74(92)79(69(63-86)99-82)100-81-75(93)72(90)71(89)67(61-84)97-81/h5,7,11,13,17,19,23,25,27-28,30-31,33-34,36-37,57,59,65-69,71-82,84-87,89-95H,3-4,6,8-10,12,14-16,18,20-22,24,26,29,32,35,38-56,58,60-64H2,1-2H3,(H,83,88)/b7-5-,13-11-,19-17-,25-23-,28-27-,31-30-,34-33-,37-36-,59-57+. The molecule has 3 aliphatic rings. The number of ether oxygens (including phenoxy) is 6. The van der Waals surface area contributed by atoms with Gasteiger partial charge in [-0.2, -0.15) is 0 Å². The fraction of sp³-hybridized carbons (Fsp3) is 0.768. The normalized spacial score (nSPS) is 26.9. The fourth-order valence-corrected chi connectivity index (χ4v) is 12.7. The molecule has 17 atom stereocenters. The molecule has 1 amide bonds. The maximum atomic E-state index is 13.5. The van der Waals surface area contributed by atoms with Gasteiger partial charge in [-0.25, -0.2) is 0 Å². The molecule has 0 aromatic rings. The second-order valence-electron chi connectivity index (χ2n) is 27.8. The van der Waals surface area contributed by atoms with Crippen LogP contribution in [0, 0.1) is 0 Å². The third-order valence-corrected chi connectivity index (χ3v) is 19.1. The first kappa shape index (κ1) is 91.7. The zero-order chi connectivity index (χ0) is 73.2. The number of amides is 1. The van der Waals surface area contributed by atoms with Crippen molar-refractivity contribution in [2.24, 2.45) is 0 Å². The predicted octanol–water partition coefficient (Wildman–Crippen LogP) is 12.9. The number of aliphatic hydroxyl groups excluding tert-OH is 11. The topological polar surface area (TPSA) is 307 Å². The van der Waals surface area contributed by atoms with Gasteiger partial charge in [-0.05, 0) is 83.5 Å². The Bertz CT molecular complexity index is 2250. The summed E-state index contributed by atoms with van der Waals surface area (Å²) < 4.78 is 34.4. The molecule has 3 fully saturated rings. The minimum atomic E-state index is -1.98. The smallest absolute Gasteiger partial charge is 0.220 e. The molecular weight excluding hydrogens is 1290 g/mol. The first-order valence-electron chi connectivity index (χ1n) is 39.6. The van der Waals surface area contributed by atoms with Gasteiger partial charge < -0.3 is 89.9 Å². The van der Waals surface area contributed by atoms with Crippen LogP contribution in [0.25, 0.3) is 0 Å².